The molecule has 8 heteroatoms. The highest BCUT2D eigenvalue weighted by atomic mass is 16.3. The molecule has 0 aliphatic rings. The highest BCUT2D eigenvalue weighted by Gasteiger charge is 2.15. The summed E-state index contributed by atoms with van der Waals surface area (Å²) in [6.45, 7) is 8.31. The normalized spacial score (nSPS) is 11.8. The van der Waals surface area contributed by atoms with Gasteiger partial charge in [-0.25, -0.2) is 10.1 Å². The summed E-state index contributed by atoms with van der Waals surface area (Å²) in [6.07, 6.45) is 0. The minimum atomic E-state index is -0.506. The Bertz CT molecular complexity index is 1200. The van der Waals surface area contributed by atoms with E-state index in [9.17, 15) is 14.7 Å². The lowest BCUT2D eigenvalue weighted by molar-refractivity contribution is 0.0949. The number of carbonyl (C=O) groups is 1. The second-order valence-corrected chi connectivity index (χ2v) is 7.27. The zero-order valence-electron chi connectivity index (χ0n) is 18.2. The van der Waals surface area contributed by atoms with Crippen molar-refractivity contribution in [1.29, 1.82) is 0 Å². The maximum absolute atomic E-state index is 12.8. The molecule has 0 unspecified atom stereocenters. The van der Waals surface area contributed by atoms with Crippen molar-refractivity contribution in [2.75, 3.05) is 13.1 Å². The van der Waals surface area contributed by atoms with Gasteiger partial charge in [0.2, 0.25) is 0 Å². The summed E-state index contributed by atoms with van der Waals surface area (Å²) < 4.78 is 1.15. The first-order chi connectivity index (χ1) is 14.8. The molecule has 1 aromatic heterocycles. The summed E-state index contributed by atoms with van der Waals surface area (Å²) in [5.74, 6) is -0.276. The zero-order valence-corrected chi connectivity index (χ0v) is 18.2. The maximum atomic E-state index is 12.8. The molecule has 0 aliphatic carbocycles. The molecule has 0 radical (unpaired) electrons. The number of phenols is 1. The van der Waals surface area contributed by atoms with Gasteiger partial charge in [0.1, 0.15) is 5.75 Å². The third-order valence-corrected chi connectivity index (χ3v) is 5.28. The Hall–Kier alpha value is -3.52. The standard InChI is InChI=1S/C23H27N5O3/c1-5-28(6-2)14-17-13-16(11-12-20(17)29)15(3)24-25-22(30)21-18-9-7-8-10-19(18)23(31)27(4)26-21/h7-13,29H,5-6,14H2,1-4H3,(H,25,30)/b24-15+. The molecule has 1 amide bonds. The van der Waals surface area contributed by atoms with Crippen LogP contribution in [0.15, 0.2) is 52.4 Å². The molecule has 0 bridgehead atoms. The molecule has 0 saturated heterocycles. The van der Waals surface area contributed by atoms with E-state index >= 15 is 0 Å². The molecule has 2 N–H and O–H groups in total. The summed E-state index contributed by atoms with van der Waals surface area (Å²) in [4.78, 5) is 27.2. The van der Waals surface area contributed by atoms with E-state index < -0.39 is 5.91 Å². The first-order valence-electron chi connectivity index (χ1n) is 10.2. The van der Waals surface area contributed by atoms with Gasteiger partial charge in [0.25, 0.3) is 11.5 Å². The van der Waals surface area contributed by atoms with Gasteiger partial charge in [-0.2, -0.15) is 10.2 Å². The largest absolute Gasteiger partial charge is 0.508 e. The fraction of sp³-hybridized carbons (Fsp3) is 0.304. The number of hydrogen-bond acceptors (Lipinski definition) is 6. The summed E-state index contributed by atoms with van der Waals surface area (Å²) in [5.41, 5.74) is 4.57. The first kappa shape index (κ1) is 22.2. The number of rotatable bonds is 7. The van der Waals surface area contributed by atoms with Crippen LogP contribution in [0.4, 0.5) is 0 Å². The van der Waals surface area contributed by atoms with Gasteiger partial charge in [-0.05, 0) is 49.8 Å². The quantitative estimate of drug-likeness (QED) is 0.451. The lowest BCUT2D eigenvalue weighted by Gasteiger charge is -2.19. The monoisotopic (exact) mass is 421 g/mol. The van der Waals surface area contributed by atoms with Gasteiger partial charge < -0.3 is 5.11 Å². The molecular formula is C23H27N5O3. The summed E-state index contributed by atoms with van der Waals surface area (Å²) in [6, 6.07) is 12.1. The van der Waals surface area contributed by atoms with Crippen molar-refractivity contribution in [2.45, 2.75) is 27.3 Å². The lowest BCUT2D eigenvalue weighted by atomic mass is 10.1. The topological polar surface area (TPSA) is 99.8 Å². The van der Waals surface area contributed by atoms with Crippen molar-refractivity contribution in [3.63, 3.8) is 0 Å². The number of nitrogens with zero attached hydrogens (tertiary/aromatic N) is 4. The first-order valence-corrected chi connectivity index (χ1v) is 10.2. The van der Waals surface area contributed by atoms with E-state index in [0.29, 0.717) is 23.0 Å². The van der Waals surface area contributed by atoms with Crippen LogP contribution in [0.2, 0.25) is 0 Å². The molecule has 3 aromatic rings. The number of benzene rings is 2. The molecular weight excluding hydrogens is 394 g/mol. The maximum Gasteiger partial charge on any atom is 0.292 e. The Labute approximate surface area is 180 Å². The third-order valence-electron chi connectivity index (χ3n) is 5.28. The van der Waals surface area contributed by atoms with E-state index in [2.05, 4.69) is 34.4 Å². The number of aryl methyl sites for hydroxylation is 1. The molecule has 2 aromatic carbocycles. The highest BCUT2D eigenvalue weighted by Crippen LogP contribution is 2.21. The Morgan fingerprint density at radius 2 is 1.84 bits per heavy atom. The van der Waals surface area contributed by atoms with Gasteiger partial charge in [-0.3, -0.25) is 14.5 Å². The number of aromatic hydroxyl groups is 1. The van der Waals surface area contributed by atoms with Crippen molar-refractivity contribution < 1.29 is 9.90 Å². The fourth-order valence-electron chi connectivity index (χ4n) is 3.34. The second-order valence-electron chi connectivity index (χ2n) is 7.27. The van der Waals surface area contributed by atoms with Gasteiger partial charge in [-0.1, -0.05) is 32.0 Å². The number of carbonyl (C=O) groups excluding carboxylic acids is 1. The van der Waals surface area contributed by atoms with Crippen LogP contribution in [0, 0.1) is 0 Å². The molecule has 162 valence electrons. The van der Waals surface area contributed by atoms with E-state index in [1.807, 2.05) is 6.07 Å². The Kier molecular flexibility index (Phi) is 6.81. The van der Waals surface area contributed by atoms with Gasteiger partial charge in [0.15, 0.2) is 5.69 Å². The van der Waals surface area contributed by atoms with Gasteiger partial charge in [-0.15, -0.1) is 0 Å². The number of fused-ring (bicyclic) bond motifs is 1. The van der Waals surface area contributed by atoms with Crippen molar-refractivity contribution in [2.24, 2.45) is 12.1 Å². The number of nitrogens with one attached hydrogen (secondary N) is 1. The van der Waals surface area contributed by atoms with Gasteiger partial charge >= 0.3 is 0 Å². The van der Waals surface area contributed by atoms with Gasteiger partial charge in [0, 0.05) is 24.5 Å². The molecule has 0 atom stereocenters. The van der Waals surface area contributed by atoms with Crippen LogP contribution in [0.25, 0.3) is 10.8 Å². The van der Waals surface area contributed by atoms with Crippen molar-refractivity contribution in [3.05, 3.63) is 69.6 Å². The summed E-state index contributed by atoms with van der Waals surface area (Å²) >= 11 is 0. The molecule has 8 nitrogen and oxygen atoms in total. The number of hydrogen-bond donors (Lipinski definition) is 2. The summed E-state index contributed by atoms with van der Waals surface area (Å²) in [5, 5.41) is 19.4. The summed E-state index contributed by atoms with van der Waals surface area (Å²) in [7, 11) is 1.51. The molecule has 0 spiro atoms. The van der Waals surface area contributed by atoms with E-state index in [1.54, 1.807) is 43.3 Å². The molecule has 0 aliphatic heterocycles. The van der Waals surface area contributed by atoms with Crippen LogP contribution in [0.3, 0.4) is 0 Å². The van der Waals surface area contributed by atoms with E-state index in [0.717, 1.165) is 28.9 Å². The fourth-order valence-corrected chi connectivity index (χ4v) is 3.34. The lowest BCUT2D eigenvalue weighted by Crippen LogP contribution is -2.27. The van der Waals surface area contributed by atoms with Crippen molar-refractivity contribution >= 4 is 22.4 Å². The second kappa shape index (κ2) is 9.53. The number of hydrazone groups is 1. The third kappa shape index (κ3) is 4.80. The van der Waals surface area contributed by atoms with Crippen LogP contribution in [-0.2, 0) is 13.6 Å². The van der Waals surface area contributed by atoms with Crippen LogP contribution in [0.5, 0.6) is 5.75 Å². The van der Waals surface area contributed by atoms with Crippen molar-refractivity contribution in [3.8, 4) is 5.75 Å². The van der Waals surface area contributed by atoms with Crippen LogP contribution >= 0.6 is 0 Å². The SMILES string of the molecule is CCN(CC)Cc1cc(/C(C)=N/NC(=O)c2nn(C)c(=O)c3ccccc23)ccc1O. The zero-order chi connectivity index (χ0) is 22.5. The smallest absolute Gasteiger partial charge is 0.292 e. The minimum Gasteiger partial charge on any atom is -0.508 e. The molecule has 1 heterocycles. The average Bonchev–Trinajstić information content (AvgIpc) is 2.79. The Morgan fingerprint density at radius 3 is 2.52 bits per heavy atom. The number of amides is 1. The number of aromatic nitrogens is 2. The van der Waals surface area contributed by atoms with Crippen LogP contribution in [-0.4, -0.2) is 44.5 Å². The average molecular weight is 422 g/mol. The number of phenolic OH excluding ortho intramolecular Hbond substituents is 1. The molecule has 0 fully saturated rings. The van der Waals surface area contributed by atoms with Gasteiger partial charge in [0.05, 0.1) is 11.1 Å². The van der Waals surface area contributed by atoms with E-state index in [1.165, 1.54) is 7.05 Å². The molecule has 31 heavy (non-hydrogen) atoms. The van der Waals surface area contributed by atoms with E-state index in [-0.39, 0.29) is 17.0 Å². The highest BCUT2D eigenvalue weighted by molar-refractivity contribution is 6.06. The predicted molar refractivity (Wildman–Crippen MR) is 121 cm³/mol. The Balaban J connectivity index is 1.86. The predicted octanol–water partition coefficient (Wildman–Crippen LogP) is 2.63. The van der Waals surface area contributed by atoms with Crippen LogP contribution < -0.4 is 11.0 Å². The van der Waals surface area contributed by atoms with Crippen LogP contribution in [0.1, 0.15) is 42.4 Å². The van der Waals surface area contributed by atoms with E-state index in [4.69, 9.17) is 0 Å². The van der Waals surface area contributed by atoms with Crippen molar-refractivity contribution in [1.82, 2.24) is 20.1 Å². The molecule has 3 rings (SSSR count). The minimum absolute atomic E-state index is 0.127. The Morgan fingerprint density at radius 1 is 1.16 bits per heavy atom. The molecule has 0 saturated carbocycles.